The summed E-state index contributed by atoms with van der Waals surface area (Å²) in [6.45, 7) is 9.46. The fourth-order valence-electron chi connectivity index (χ4n) is 9.59. The van der Waals surface area contributed by atoms with E-state index in [0.29, 0.717) is 5.92 Å². The summed E-state index contributed by atoms with van der Waals surface area (Å²) in [4.78, 5) is 4.83. The highest BCUT2D eigenvalue weighted by atomic mass is 15.1. The first kappa shape index (κ1) is 35.8. The van der Waals surface area contributed by atoms with Crippen LogP contribution in [0.15, 0.2) is 176 Å². The monoisotopic (exact) mass is 728 g/mol. The van der Waals surface area contributed by atoms with Gasteiger partial charge in [0.05, 0.1) is 5.69 Å². The Morgan fingerprint density at radius 2 is 0.911 bits per heavy atom. The summed E-state index contributed by atoms with van der Waals surface area (Å²) >= 11 is 0. The first-order valence-corrected chi connectivity index (χ1v) is 20.6. The lowest BCUT2D eigenvalue weighted by molar-refractivity contribution is 0.443. The molecular formula is C54H52N2. The van der Waals surface area contributed by atoms with Gasteiger partial charge in [0.15, 0.2) is 0 Å². The zero-order valence-electron chi connectivity index (χ0n) is 33.3. The van der Waals surface area contributed by atoms with Gasteiger partial charge in [-0.1, -0.05) is 156 Å². The number of fused-ring (bicyclic) bond motifs is 3. The standard InChI is InChI=1S/C54H52N2/c1-53(2,41-29-35-45(36-30-41)55(43-19-10-6-11-20-43)44-21-12-7-13-22-44)42-31-37-47(38-32-42)56(46-33-27-40(28-34-46)39-17-8-5-9-18-39)51-26-16-24-49-48-23-14-15-25-50(48)54(3,4)52(49)51/h6-7,10-16,19-39H,5,8-9,17-18H2,1-4H3. The van der Waals surface area contributed by atoms with E-state index in [0.717, 1.165) is 17.1 Å². The molecule has 0 aromatic heterocycles. The van der Waals surface area contributed by atoms with E-state index >= 15 is 0 Å². The van der Waals surface area contributed by atoms with Gasteiger partial charge in [0, 0.05) is 39.3 Å². The fraction of sp³-hybridized carbons (Fsp3) is 0.222. The molecule has 1 fully saturated rings. The molecule has 278 valence electrons. The van der Waals surface area contributed by atoms with Gasteiger partial charge in [-0.3, -0.25) is 0 Å². The smallest absolute Gasteiger partial charge is 0.0508 e. The SMILES string of the molecule is CC(C)(c1ccc(N(c2ccccc2)c2ccccc2)cc1)c1ccc(N(c2ccc(C3CCCCC3)cc2)c2cccc3c2C(C)(C)c2ccccc2-3)cc1. The lowest BCUT2D eigenvalue weighted by Gasteiger charge is -2.33. The molecule has 0 bridgehead atoms. The summed E-state index contributed by atoms with van der Waals surface area (Å²) in [5, 5.41) is 0. The quantitative estimate of drug-likeness (QED) is 0.146. The molecule has 0 radical (unpaired) electrons. The molecule has 0 spiro atoms. The molecule has 0 amide bonds. The number of benzene rings is 7. The van der Waals surface area contributed by atoms with Gasteiger partial charge < -0.3 is 9.80 Å². The van der Waals surface area contributed by atoms with Crippen LogP contribution in [0.5, 0.6) is 0 Å². The number of para-hydroxylation sites is 2. The summed E-state index contributed by atoms with van der Waals surface area (Å²) in [5.41, 5.74) is 16.2. The molecule has 56 heavy (non-hydrogen) atoms. The molecule has 0 N–H and O–H groups in total. The maximum Gasteiger partial charge on any atom is 0.0508 e. The van der Waals surface area contributed by atoms with E-state index < -0.39 is 0 Å². The second kappa shape index (κ2) is 14.7. The summed E-state index contributed by atoms with van der Waals surface area (Å²) in [6, 6.07) is 65.1. The number of rotatable bonds is 9. The molecule has 2 heteroatoms. The van der Waals surface area contributed by atoms with E-state index in [9.17, 15) is 0 Å². The van der Waals surface area contributed by atoms with Crippen LogP contribution < -0.4 is 9.80 Å². The third-order valence-corrected chi connectivity index (χ3v) is 12.7. The van der Waals surface area contributed by atoms with Crippen molar-refractivity contribution in [2.75, 3.05) is 9.80 Å². The summed E-state index contributed by atoms with van der Waals surface area (Å²) in [6.07, 6.45) is 6.67. The van der Waals surface area contributed by atoms with Crippen molar-refractivity contribution in [2.45, 2.75) is 76.5 Å². The second-order valence-electron chi connectivity index (χ2n) is 16.9. The van der Waals surface area contributed by atoms with Crippen molar-refractivity contribution < 1.29 is 0 Å². The number of nitrogens with zero attached hydrogens (tertiary/aromatic N) is 2. The van der Waals surface area contributed by atoms with Gasteiger partial charge in [-0.15, -0.1) is 0 Å². The predicted octanol–water partition coefficient (Wildman–Crippen LogP) is 15.3. The number of anilines is 6. The van der Waals surface area contributed by atoms with Crippen molar-refractivity contribution in [3.8, 4) is 11.1 Å². The predicted molar refractivity (Wildman–Crippen MR) is 238 cm³/mol. The van der Waals surface area contributed by atoms with Crippen LogP contribution in [0.4, 0.5) is 34.1 Å². The topological polar surface area (TPSA) is 6.48 Å². The molecule has 0 aliphatic heterocycles. The van der Waals surface area contributed by atoms with E-state index in [4.69, 9.17) is 0 Å². The van der Waals surface area contributed by atoms with E-state index in [1.807, 2.05) is 0 Å². The van der Waals surface area contributed by atoms with Gasteiger partial charge >= 0.3 is 0 Å². The summed E-state index contributed by atoms with van der Waals surface area (Å²) in [5.74, 6) is 0.677. The van der Waals surface area contributed by atoms with Gasteiger partial charge in [-0.05, 0) is 124 Å². The van der Waals surface area contributed by atoms with Crippen molar-refractivity contribution in [3.05, 3.63) is 204 Å². The Morgan fingerprint density at radius 1 is 0.446 bits per heavy atom. The van der Waals surface area contributed by atoms with Crippen LogP contribution in [-0.2, 0) is 10.8 Å². The summed E-state index contributed by atoms with van der Waals surface area (Å²) in [7, 11) is 0. The molecule has 0 atom stereocenters. The van der Waals surface area contributed by atoms with Crippen molar-refractivity contribution in [2.24, 2.45) is 0 Å². The van der Waals surface area contributed by atoms with Crippen LogP contribution in [0.1, 0.15) is 93.5 Å². The lowest BCUT2D eigenvalue weighted by Crippen LogP contribution is -2.21. The Kier molecular flexibility index (Phi) is 9.38. The van der Waals surface area contributed by atoms with E-state index in [1.54, 1.807) is 0 Å². The molecule has 1 saturated carbocycles. The minimum atomic E-state index is -0.203. The highest BCUT2D eigenvalue weighted by molar-refractivity contribution is 5.90. The van der Waals surface area contributed by atoms with Gasteiger partial charge in [0.1, 0.15) is 0 Å². The van der Waals surface area contributed by atoms with Crippen molar-refractivity contribution in [1.29, 1.82) is 0 Å². The molecule has 2 nitrogen and oxygen atoms in total. The lowest BCUT2D eigenvalue weighted by atomic mass is 9.78. The Bertz CT molecular complexity index is 2380. The minimum Gasteiger partial charge on any atom is -0.311 e. The fourth-order valence-corrected chi connectivity index (χ4v) is 9.59. The largest absolute Gasteiger partial charge is 0.311 e. The Labute approximate surface area is 334 Å². The number of hydrogen-bond acceptors (Lipinski definition) is 2. The zero-order chi connectivity index (χ0) is 38.3. The molecule has 7 aromatic rings. The molecule has 0 heterocycles. The average Bonchev–Trinajstić information content (AvgIpc) is 3.49. The van der Waals surface area contributed by atoms with Crippen LogP contribution in [0.25, 0.3) is 11.1 Å². The Morgan fingerprint density at radius 3 is 1.48 bits per heavy atom. The van der Waals surface area contributed by atoms with Crippen LogP contribution in [0.2, 0.25) is 0 Å². The minimum absolute atomic E-state index is 0.131. The molecular weight excluding hydrogens is 677 g/mol. The molecule has 2 aliphatic carbocycles. The second-order valence-corrected chi connectivity index (χ2v) is 16.9. The van der Waals surface area contributed by atoms with Gasteiger partial charge in [-0.2, -0.15) is 0 Å². The third-order valence-electron chi connectivity index (χ3n) is 12.7. The third kappa shape index (κ3) is 6.41. The van der Waals surface area contributed by atoms with Crippen LogP contribution in [-0.4, -0.2) is 0 Å². The van der Waals surface area contributed by atoms with Crippen LogP contribution >= 0.6 is 0 Å². The molecule has 0 saturated heterocycles. The van der Waals surface area contributed by atoms with Gasteiger partial charge in [0.2, 0.25) is 0 Å². The van der Waals surface area contributed by atoms with Crippen molar-refractivity contribution >= 4 is 34.1 Å². The van der Waals surface area contributed by atoms with Crippen LogP contribution in [0, 0.1) is 0 Å². The molecule has 2 aliphatic rings. The summed E-state index contributed by atoms with van der Waals surface area (Å²) < 4.78 is 0. The van der Waals surface area contributed by atoms with Gasteiger partial charge in [0.25, 0.3) is 0 Å². The maximum atomic E-state index is 2.50. The van der Waals surface area contributed by atoms with E-state index in [-0.39, 0.29) is 10.8 Å². The highest BCUT2D eigenvalue weighted by Gasteiger charge is 2.39. The Balaban J connectivity index is 1.08. The highest BCUT2D eigenvalue weighted by Crippen LogP contribution is 2.54. The first-order valence-electron chi connectivity index (χ1n) is 20.6. The molecule has 0 unspecified atom stereocenters. The zero-order valence-corrected chi connectivity index (χ0v) is 33.3. The van der Waals surface area contributed by atoms with Gasteiger partial charge in [-0.25, -0.2) is 0 Å². The van der Waals surface area contributed by atoms with Crippen LogP contribution in [0.3, 0.4) is 0 Å². The molecule has 7 aromatic carbocycles. The van der Waals surface area contributed by atoms with E-state index in [1.165, 1.54) is 88.1 Å². The van der Waals surface area contributed by atoms with E-state index in [2.05, 4.69) is 213 Å². The average molecular weight is 729 g/mol. The number of hydrogen-bond donors (Lipinski definition) is 0. The Hall–Kier alpha value is -5.86. The first-order chi connectivity index (χ1) is 27.3. The normalized spacial score (nSPS) is 14.9. The van der Waals surface area contributed by atoms with Crippen molar-refractivity contribution in [1.82, 2.24) is 0 Å². The molecule has 9 rings (SSSR count). The van der Waals surface area contributed by atoms with Crippen molar-refractivity contribution in [3.63, 3.8) is 0 Å². The maximum absolute atomic E-state index is 2.50.